The highest BCUT2D eigenvalue weighted by molar-refractivity contribution is 4.98. The molecule has 282 valence electrons. The molecule has 3 aliphatic heterocycles. The lowest BCUT2D eigenvalue weighted by Gasteiger charge is -2.43. The Hall–Kier alpha value is -0.920. The lowest BCUT2D eigenvalue weighted by molar-refractivity contribution is -0.383. The quantitative estimate of drug-likeness (QED) is 0.0949. The second kappa shape index (κ2) is 20.1. The van der Waals surface area contributed by atoms with Crippen LogP contribution in [0.2, 0.25) is 0 Å². The Kier molecular flexibility index (Phi) is 18.8. The Bertz CT molecular complexity index is 834. The fourth-order valence-corrected chi connectivity index (χ4v) is 4.38. The van der Waals surface area contributed by atoms with Gasteiger partial charge in [0.15, 0.2) is 12.6 Å². The van der Waals surface area contributed by atoms with Crippen molar-refractivity contribution in [2.45, 2.75) is 110 Å². The zero-order chi connectivity index (χ0) is 36.4. The van der Waals surface area contributed by atoms with Gasteiger partial charge in [0.1, 0.15) is 98.2 Å². The van der Waals surface area contributed by atoms with E-state index in [2.05, 4.69) is 4.74 Å². The average molecular weight is 705 g/mol. The number of rotatable bonds is 11. The topological polar surface area (TPSA) is 421 Å². The molecule has 23 nitrogen and oxygen atoms in total. The summed E-state index contributed by atoms with van der Waals surface area (Å²) in [6.07, 6.45) is -26.1. The van der Waals surface area contributed by atoms with Crippen LogP contribution in [0, 0.1) is 0 Å². The molecule has 9 unspecified atom stereocenters. The summed E-state index contributed by atoms with van der Waals surface area (Å²) in [4.78, 5) is 0. The summed E-state index contributed by atoms with van der Waals surface area (Å²) < 4.78 is 20.0. The van der Waals surface area contributed by atoms with E-state index in [0.29, 0.717) is 0 Å². The standard InChI is InChI=1S/C12H22O11.C6H12O6.C6H14O6/c13-1-4-6(16)8(18)9(19)11(21-4)23-12(3-15)10(20)7(17)5(2-14)22-12;7-1-2-3(8)4(9)5(10)6(11)12-2;7-1-3(9)5(11)6(12)4(10)2-8/h4-11,13-20H,1-3H2;2-11H,1H2;3-12H,1-2H2/t;2-,3-,4+,5-,6+;3-,4+,5-,6-/m.11/s1. The largest absolute Gasteiger partial charge is 0.394 e. The van der Waals surface area contributed by atoms with Crippen molar-refractivity contribution in [3.63, 3.8) is 0 Å². The van der Waals surface area contributed by atoms with Crippen LogP contribution in [0.15, 0.2) is 0 Å². The molecule has 18 atom stereocenters. The van der Waals surface area contributed by atoms with Crippen LogP contribution in [-0.4, -0.2) is 247 Å². The van der Waals surface area contributed by atoms with Gasteiger partial charge in [-0.3, -0.25) is 0 Å². The maximum Gasteiger partial charge on any atom is 0.224 e. The molecule has 23 heteroatoms. The van der Waals surface area contributed by atoms with E-state index < -0.39 is 150 Å². The molecule has 3 rings (SSSR count). The lowest BCUT2D eigenvalue weighted by atomic mass is 9.99. The molecule has 0 spiro atoms. The Morgan fingerprint density at radius 2 is 0.936 bits per heavy atom. The molecule has 0 aromatic heterocycles. The zero-order valence-corrected chi connectivity index (χ0v) is 24.7. The van der Waals surface area contributed by atoms with E-state index >= 15 is 0 Å². The van der Waals surface area contributed by atoms with Crippen molar-refractivity contribution in [3.05, 3.63) is 0 Å². The Morgan fingerprint density at radius 1 is 0.511 bits per heavy atom. The fraction of sp³-hybridized carbons (Fsp3) is 1.00. The normalized spacial score (nSPS) is 43.1. The number of aliphatic hydroxyl groups is 19. The third-order valence-electron chi connectivity index (χ3n) is 7.45. The molecule has 19 N–H and O–H groups in total. The molecular weight excluding hydrogens is 656 g/mol. The van der Waals surface area contributed by atoms with E-state index in [9.17, 15) is 30.6 Å². The molecule has 3 saturated heterocycles. The van der Waals surface area contributed by atoms with Crippen LogP contribution in [0.25, 0.3) is 0 Å². The SMILES string of the molecule is OCC1OC(OC2(CO)OC(CO)C(O)C2O)C(O)C(O)C1O.OC[C@@H](O)[C@@H](O)[C@H](O)[C@@H](O)CO.OC[C@H]1O[C@H](O)[C@H](O)[C@@H](O)[C@@H]1O. The Morgan fingerprint density at radius 3 is 1.32 bits per heavy atom. The minimum Gasteiger partial charge on any atom is -0.394 e. The summed E-state index contributed by atoms with van der Waals surface area (Å²) in [5, 5.41) is 174. The first kappa shape index (κ1) is 44.1. The van der Waals surface area contributed by atoms with Crippen LogP contribution in [-0.2, 0) is 18.9 Å². The highest BCUT2D eigenvalue weighted by Crippen LogP contribution is 2.35. The number of ether oxygens (including phenoxy) is 4. The molecule has 0 saturated carbocycles. The number of hydrogen-bond donors (Lipinski definition) is 19. The van der Waals surface area contributed by atoms with Gasteiger partial charge in [0.2, 0.25) is 5.79 Å². The first-order valence-electron chi connectivity index (χ1n) is 14.1. The van der Waals surface area contributed by atoms with Crippen LogP contribution in [0.4, 0.5) is 0 Å². The van der Waals surface area contributed by atoms with E-state index in [1.165, 1.54) is 0 Å². The summed E-state index contributed by atoms with van der Waals surface area (Å²) in [5.41, 5.74) is 0. The molecule has 0 radical (unpaired) electrons. The van der Waals surface area contributed by atoms with Crippen LogP contribution in [0.3, 0.4) is 0 Å². The summed E-state index contributed by atoms with van der Waals surface area (Å²) in [6, 6.07) is 0. The van der Waals surface area contributed by atoms with Gasteiger partial charge < -0.3 is 116 Å². The molecule has 0 aromatic carbocycles. The molecule has 0 aliphatic carbocycles. The molecule has 3 heterocycles. The van der Waals surface area contributed by atoms with Gasteiger partial charge in [-0.05, 0) is 0 Å². The van der Waals surface area contributed by atoms with Gasteiger partial charge in [-0.25, -0.2) is 0 Å². The lowest BCUT2D eigenvalue weighted by Crippen LogP contribution is -2.62. The molecule has 0 bridgehead atoms. The van der Waals surface area contributed by atoms with Crippen LogP contribution in [0.1, 0.15) is 0 Å². The van der Waals surface area contributed by atoms with Gasteiger partial charge in [0.05, 0.1) is 33.0 Å². The predicted octanol–water partition coefficient (Wildman–Crippen LogP) is -12.2. The van der Waals surface area contributed by atoms with E-state index in [0.717, 1.165) is 0 Å². The van der Waals surface area contributed by atoms with Crippen molar-refractivity contribution in [1.29, 1.82) is 0 Å². The molecule has 0 amide bonds. The smallest absolute Gasteiger partial charge is 0.224 e. The first-order chi connectivity index (χ1) is 21.9. The zero-order valence-electron chi connectivity index (χ0n) is 24.7. The Labute approximate surface area is 266 Å². The van der Waals surface area contributed by atoms with E-state index in [1.807, 2.05) is 0 Å². The predicted molar refractivity (Wildman–Crippen MR) is 143 cm³/mol. The summed E-state index contributed by atoms with van der Waals surface area (Å²) in [5.74, 6) is -2.22. The van der Waals surface area contributed by atoms with Crippen molar-refractivity contribution in [3.8, 4) is 0 Å². The second-order valence-electron chi connectivity index (χ2n) is 10.8. The highest BCUT2D eigenvalue weighted by atomic mass is 16.8. The number of hydrogen-bond acceptors (Lipinski definition) is 23. The summed E-state index contributed by atoms with van der Waals surface area (Å²) >= 11 is 0. The molecule has 47 heavy (non-hydrogen) atoms. The van der Waals surface area contributed by atoms with E-state index in [4.69, 9.17) is 80.6 Å². The van der Waals surface area contributed by atoms with Crippen LogP contribution >= 0.6 is 0 Å². The summed E-state index contributed by atoms with van der Waals surface area (Å²) in [6.45, 7) is -4.30. The van der Waals surface area contributed by atoms with Crippen LogP contribution in [0.5, 0.6) is 0 Å². The van der Waals surface area contributed by atoms with Gasteiger partial charge >= 0.3 is 0 Å². The molecular formula is C24H48O23. The third-order valence-corrected chi connectivity index (χ3v) is 7.45. The average Bonchev–Trinajstić information content (AvgIpc) is 3.32. The maximum atomic E-state index is 10.00. The van der Waals surface area contributed by atoms with Crippen molar-refractivity contribution >= 4 is 0 Å². The van der Waals surface area contributed by atoms with Gasteiger partial charge in [-0.2, -0.15) is 0 Å². The van der Waals surface area contributed by atoms with E-state index in [-0.39, 0.29) is 0 Å². The van der Waals surface area contributed by atoms with Gasteiger partial charge in [0, 0.05) is 0 Å². The van der Waals surface area contributed by atoms with Gasteiger partial charge in [0.25, 0.3) is 0 Å². The molecule has 0 aromatic rings. The Balaban J connectivity index is 0.000000389. The third kappa shape index (κ3) is 10.8. The van der Waals surface area contributed by atoms with Gasteiger partial charge in [-0.1, -0.05) is 0 Å². The molecule has 3 aliphatic rings. The maximum absolute atomic E-state index is 10.00. The van der Waals surface area contributed by atoms with Crippen molar-refractivity contribution < 1.29 is 116 Å². The number of aliphatic hydroxyl groups excluding tert-OH is 19. The second-order valence-corrected chi connectivity index (χ2v) is 10.8. The summed E-state index contributed by atoms with van der Waals surface area (Å²) in [7, 11) is 0. The minimum absolute atomic E-state index is 0.526. The first-order valence-corrected chi connectivity index (χ1v) is 14.1. The monoisotopic (exact) mass is 704 g/mol. The fourth-order valence-electron chi connectivity index (χ4n) is 4.38. The van der Waals surface area contributed by atoms with Crippen molar-refractivity contribution in [2.24, 2.45) is 0 Å². The van der Waals surface area contributed by atoms with E-state index in [1.54, 1.807) is 0 Å². The molecule has 3 fully saturated rings. The minimum atomic E-state index is -2.22. The van der Waals surface area contributed by atoms with Gasteiger partial charge in [-0.15, -0.1) is 0 Å². The van der Waals surface area contributed by atoms with Crippen LogP contribution < -0.4 is 0 Å². The van der Waals surface area contributed by atoms with Crippen molar-refractivity contribution in [1.82, 2.24) is 0 Å². The highest BCUT2D eigenvalue weighted by Gasteiger charge is 2.58. The van der Waals surface area contributed by atoms with Crippen molar-refractivity contribution in [2.75, 3.05) is 39.6 Å².